The maximum Gasteiger partial charge on any atom is 0.263 e. The first-order valence-electron chi connectivity index (χ1n) is 9.03. The van der Waals surface area contributed by atoms with Crippen LogP contribution >= 0.6 is 0 Å². The highest BCUT2D eigenvalue weighted by atomic mass is 16.3. The number of aliphatic hydroxyl groups is 1. The Morgan fingerprint density at radius 3 is 2.67 bits per heavy atom. The number of para-hydroxylation sites is 1. The number of aryl methyl sites for hydroxylation is 1. The van der Waals surface area contributed by atoms with Crippen molar-refractivity contribution >= 4 is 16.8 Å². The molecule has 4 rings (SSSR count). The lowest BCUT2D eigenvalue weighted by atomic mass is 9.76. The van der Waals surface area contributed by atoms with Gasteiger partial charge in [-0.15, -0.1) is 0 Å². The van der Waals surface area contributed by atoms with Crippen molar-refractivity contribution in [2.45, 2.75) is 25.0 Å². The number of carbonyl (C=O) groups excluding carboxylic acids is 1. The highest BCUT2D eigenvalue weighted by Gasteiger charge is 2.36. The lowest BCUT2D eigenvalue weighted by molar-refractivity contribution is 0.0228. The third-order valence-electron chi connectivity index (χ3n) is 5.29. The van der Waals surface area contributed by atoms with Gasteiger partial charge in [0.05, 0.1) is 23.4 Å². The molecule has 1 aliphatic carbocycles. The van der Waals surface area contributed by atoms with Gasteiger partial charge in [-0.2, -0.15) is 0 Å². The third-order valence-corrected chi connectivity index (χ3v) is 5.29. The summed E-state index contributed by atoms with van der Waals surface area (Å²) < 4.78 is 1.49. The molecule has 2 N–H and O–H groups in total. The molecule has 1 aliphatic rings. The van der Waals surface area contributed by atoms with Gasteiger partial charge in [-0.25, -0.2) is 0 Å². The summed E-state index contributed by atoms with van der Waals surface area (Å²) in [5, 5.41) is 13.5. The van der Waals surface area contributed by atoms with Crippen LogP contribution in [0.15, 0.2) is 59.5 Å². The van der Waals surface area contributed by atoms with E-state index in [0.717, 1.165) is 16.6 Å². The number of carbonyl (C=O) groups is 1. The molecule has 27 heavy (non-hydrogen) atoms. The second-order valence-electron chi connectivity index (χ2n) is 7.07. The highest BCUT2D eigenvalue weighted by Crippen LogP contribution is 2.37. The number of aromatic nitrogens is 2. The Hall–Kier alpha value is -2.99. The number of fused-ring (bicyclic) bond motifs is 1. The van der Waals surface area contributed by atoms with Gasteiger partial charge in [0, 0.05) is 13.2 Å². The molecule has 0 spiro atoms. The maximum atomic E-state index is 13.0. The summed E-state index contributed by atoms with van der Waals surface area (Å²) in [6.07, 6.45) is 2.55. The van der Waals surface area contributed by atoms with Crippen LogP contribution < -0.4 is 10.9 Å². The summed E-state index contributed by atoms with van der Waals surface area (Å²) in [6.45, 7) is 0. The fourth-order valence-corrected chi connectivity index (χ4v) is 3.70. The van der Waals surface area contributed by atoms with E-state index in [1.165, 1.54) is 4.57 Å². The molecule has 0 bridgehead atoms. The normalized spacial score (nSPS) is 20.1. The Labute approximate surface area is 156 Å². The number of rotatable bonds is 4. The Morgan fingerprint density at radius 2 is 1.96 bits per heavy atom. The summed E-state index contributed by atoms with van der Waals surface area (Å²) in [5.74, 6) is -0.318. The van der Waals surface area contributed by atoms with Crippen molar-refractivity contribution in [3.05, 3.63) is 76.3 Å². The average molecular weight is 363 g/mol. The average Bonchev–Trinajstić information content (AvgIpc) is 2.67. The van der Waals surface area contributed by atoms with Crippen LogP contribution in [0, 0.1) is 5.92 Å². The van der Waals surface area contributed by atoms with E-state index >= 15 is 0 Å². The van der Waals surface area contributed by atoms with Gasteiger partial charge in [0.25, 0.3) is 11.5 Å². The number of hydrogen-bond donors (Lipinski definition) is 2. The van der Waals surface area contributed by atoms with E-state index < -0.39 is 5.91 Å². The van der Waals surface area contributed by atoms with Gasteiger partial charge < -0.3 is 15.0 Å². The third kappa shape index (κ3) is 3.24. The van der Waals surface area contributed by atoms with Gasteiger partial charge in [-0.3, -0.25) is 14.6 Å². The first kappa shape index (κ1) is 17.4. The van der Waals surface area contributed by atoms with Gasteiger partial charge in [0.1, 0.15) is 5.56 Å². The Bertz CT molecular complexity index is 1040. The minimum absolute atomic E-state index is 0.100. The van der Waals surface area contributed by atoms with Gasteiger partial charge in [-0.05, 0) is 48.4 Å². The SMILES string of the molecule is Cn1c(=O)c(C(=O)N[C@@H](c2ccccn2)C2CC(O)C2)cc2ccccc21. The molecule has 1 atom stereocenters. The zero-order valence-corrected chi connectivity index (χ0v) is 15.0. The van der Waals surface area contributed by atoms with Crippen molar-refractivity contribution in [2.24, 2.45) is 13.0 Å². The van der Waals surface area contributed by atoms with Crippen LogP contribution in [0.1, 0.15) is 34.9 Å². The predicted octanol–water partition coefficient (Wildman–Crippen LogP) is 2.18. The summed E-state index contributed by atoms with van der Waals surface area (Å²) in [4.78, 5) is 30.0. The molecule has 2 heterocycles. The van der Waals surface area contributed by atoms with E-state index in [1.54, 1.807) is 19.3 Å². The number of nitrogens with zero attached hydrogens (tertiary/aromatic N) is 2. The van der Waals surface area contributed by atoms with Crippen LogP contribution in [-0.4, -0.2) is 26.7 Å². The number of hydrogen-bond acceptors (Lipinski definition) is 4. The smallest absolute Gasteiger partial charge is 0.263 e. The van der Waals surface area contributed by atoms with Crippen molar-refractivity contribution in [1.29, 1.82) is 0 Å². The number of amides is 1. The van der Waals surface area contributed by atoms with E-state index in [-0.39, 0.29) is 29.2 Å². The second kappa shape index (κ2) is 6.96. The van der Waals surface area contributed by atoms with Crippen LogP contribution in [0.5, 0.6) is 0 Å². The summed E-state index contributed by atoms with van der Waals surface area (Å²) >= 11 is 0. The van der Waals surface area contributed by atoms with E-state index in [2.05, 4.69) is 10.3 Å². The quantitative estimate of drug-likeness (QED) is 0.744. The zero-order valence-electron chi connectivity index (χ0n) is 15.0. The van der Waals surface area contributed by atoms with Crippen LogP contribution in [0.25, 0.3) is 10.9 Å². The predicted molar refractivity (Wildman–Crippen MR) is 102 cm³/mol. The lowest BCUT2D eigenvalue weighted by Crippen LogP contribution is -2.43. The Balaban J connectivity index is 1.68. The minimum atomic E-state index is -0.418. The van der Waals surface area contributed by atoms with Crippen LogP contribution in [0.2, 0.25) is 0 Å². The largest absolute Gasteiger partial charge is 0.393 e. The monoisotopic (exact) mass is 363 g/mol. The zero-order chi connectivity index (χ0) is 19.0. The molecular formula is C21H21N3O3. The van der Waals surface area contributed by atoms with Gasteiger partial charge in [0.15, 0.2) is 0 Å². The van der Waals surface area contributed by atoms with E-state index in [0.29, 0.717) is 12.8 Å². The molecule has 2 aromatic heterocycles. The van der Waals surface area contributed by atoms with Gasteiger partial charge in [0.2, 0.25) is 0 Å². The van der Waals surface area contributed by atoms with E-state index in [1.807, 2.05) is 42.5 Å². The molecule has 0 saturated heterocycles. The second-order valence-corrected chi connectivity index (χ2v) is 7.07. The van der Waals surface area contributed by atoms with Crippen molar-refractivity contribution in [3.63, 3.8) is 0 Å². The molecule has 6 heteroatoms. The maximum absolute atomic E-state index is 13.0. The number of pyridine rings is 2. The highest BCUT2D eigenvalue weighted by molar-refractivity contribution is 5.97. The molecule has 1 aromatic carbocycles. The lowest BCUT2D eigenvalue weighted by Gasteiger charge is -2.37. The van der Waals surface area contributed by atoms with Gasteiger partial charge in [-0.1, -0.05) is 24.3 Å². The number of aliphatic hydroxyl groups excluding tert-OH is 1. The molecule has 0 radical (unpaired) electrons. The Kier molecular flexibility index (Phi) is 4.49. The molecule has 6 nitrogen and oxygen atoms in total. The van der Waals surface area contributed by atoms with E-state index in [4.69, 9.17) is 0 Å². The van der Waals surface area contributed by atoms with Gasteiger partial charge >= 0.3 is 0 Å². The summed E-state index contributed by atoms with van der Waals surface area (Å²) in [6, 6.07) is 14.3. The Morgan fingerprint density at radius 1 is 1.22 bits per heavy atom. The molecular weight excluding hydrogens is 342 g/mol. The number of benzene rings is 1. The van der Waals surface area contributed by atoms with Crippen molar-refractivity contribution < 1.29 is 9.90 Å². The van der Waals surface area contributed by atoms with E-state index in [9.17, 15) is 14.7 Å². The van der Waals surface area contributed by atoms with Crippen LogP contribution in [0.4, 0.5) is 0 Å². The fourth-order valence-electron chi connectivity index (χ4n) is 3.70. The van der Waals surface area contributed by atoms with Crippen molar-refractivity contribution in [2.75, 3.05) is 0 Å². The van der Waals surface area contributed by atoms with Crippen LogP contribution in [0.3, 0.4) is 0 Å². The molecule has 1 saturated carbocycles. The first-order valence-corrected chi connectivity index (χ1v) is 9.03. The molecule has 3 aromatic rings. The molecule has 0 aliphatic heterocycles. The van der Waals surface area contributed by atoms with Crippen molar-refractivity contribution in [3.8, 4) is 0 Å². The molecule has 1 amide bonds. The summed E-state index contributed by atoms with van der Waals surface area (Å²) in [7, 11) is 1.67. The molecule has 1 fully saturated rings. The minimum Gasteiger partial charge on any atom is -0.393 e. The van der Waals surface area contributed by atoms with Crippen LogP contribution in [-0.2, 0) is 7.05 Å². The van der Waals surface area contributed by atoms with Crippen molar-refractivity contribution in [1.82, 2.24) is 14.9 Å². The summed E-state index contributed by atoms with van der Waals surface area (Å²) in [5.41, 5.74) is 1.29. The standard InChI is InChI=1S/C21H21N3O3/c1-24-18-8-3-2-6-13(18)12-16(21(24)27)20(26)23-19(14-10-15(25)11-14)17-7-4-5-9-22-17/h2-9,12,14-15,19,25H,10-11H2,1H3,(H,23,26)/t14?,15?,19-/m1/s1. The topological polar surface area (TPSA) is 84.2 Å². The number of nitrogens with one attached hydrogen (secondary N) is 1. The fraction of sp³-hybridized carbons (Fsp3) is 0.286. The molecule has 138 valence electrons. The molecule has 0 unspecified atom stereocenters. The first-order chi connectivity index (χ1) is 13.0.